The van der Waals surface area contributed by atoms with E-state index in [1.807, 2.05) is 12.1 Å². The molecule has 2 saturated heterocycles. The predicted molar refractivity (Wildman–Crippen MR) is 141 cm³/mol. The molecule has 2 aliphatic heterocycles. The van der Waals surface area contributed by atoms with Crippen molar-refractivity contribution in [2.24, 2.45) is 10.8 Å². The number of rotatable bonds is 3. The smallest absolute Gasteiger partial charge is 0.245 e. The second kappa shape index (κ2) is 8.04. The Labute approximate surface area is 215 Å². The molecule has 1 aromatic heterocycles. The van der Waals surface area contributed by atoms with E-state index in [4.69, 9.17) is 4.98 Å². The van der Waals surface area contributed by atoms with Gasteiger partial charge in [-0.2, -0.15) is 5.26 Å². The Morgan fingerprint density at radius 1 is 1.22 bits per heavy atom. The van der Waals surface area contributed by atoms with Gasteiger partial charge in [-0.1, -0.05) is 44.7 Å². The van der Waals surface area contributed by atoms with Gasteiger partial charge < -0.3 is 14.9 Å². The van der Waals surface area contributed by atoms with E-state index in [-0.39, 0.29) is 16.7 Å². The molecule has 1 aliphatic carbocycles. The summed E-state index contributed by atoms with van der Waals surface area (Å²) in [4.78, 5) is 21.1. The van der Waals surface area contributed by atoms with E-state index in [0.29, 0.717) is 47.4 Å². The zero-order valence-electron chi connectivity index (χ0n) is 21.1. The summed E-state index contributed by atoms with van der Waals surface area (Å²) in [5.74, 6) is -0.491. The number of nitriles is 1. The molecule has 1 spiro atoms. The van der Waals surface area contributed by atoms with E-state index >= 15 is 0 Å². The Balaban J connectivity index is 1.51. The van der Waals surface area contributed by atoms with E-state index in [0.717, 1.165) is 42.6 Å². The first-order valence-electron chi connectivity index (χ1n) is 12.7. The average Bonchev–Trinajstić information content (AvgIpc) is 3.44. The number of phenols is 1. The zero-order valence-corrected chi connectivity index (χ0v) is 21.1. The van der Waals surface area contributed by atoms with Gasteiger partial charge in [-0.3, -0.25) is 4.79 Å². The number of carbonyl (C=O) groups is 1. The summed E-state index contributed by atoms with van der Waals surface area (Å²) in [6, 6.07) is 11.0. The molecule has 0 bridgehead atoms. The molecule has 6 rings (SSSR count). The number of benzene rings is 2. The van der Waals surface area contributed by atoms with Crippen molar-refractivity contribution in [1.82, 2.24) is 9.88 Å². The normalized spacial score (nSPS) is 19.1. The molecule has 3 heterocycles. The fourth-order valence-electron chi connectivity index (χ4n) is 6.58. The van der Waals surface area contributed by atoms with E-state index in [9.17, 15) is 19.6 Å². The lowest BCUT2D eigenvalue weighted by Crippen LogP contribution is -2.59. The molecule has 6 nitrogen and oxygen atoms in total. The molecule has 2 aromatic carbocycles. The van der Waals surface area contributed by atoms with Crippen molar-refractivity contribution in [3.05, 3.63) is 65.6 Å². The number of carbonyl (C=O) groups excluding carboxylic acids is 1. The van der Waals surface area contributed by atoms with Crippen molar-refractivity contribution >= 4 is 22.5 Å². The van der Waals surface area contributed by atoms with Crippen LogP contribution in [-0.2, 0) is 17.6 Å². The molecule has 0 unspecified atom stereocenters. The quantitative estimate of drug-likeness (QED) is 0.518. The molecule has 3 aromatic rings. The van der Waals surface area contributed by atoms with Crippen LogP contribution in [0.4, 0.5) is 10.2 Å². The van der Waals surface area contributed by atoms with Gasteiger partial charge in [-0.25, -0.2) is 9.37 Å². The Hall–Kier alpha value is -3.92. The van der Waals surface area contributed by atoms with Crippen molar-refractivity contribution in [3.8, 4) is 22.9 Å². The van der Waals surface area contributed by atoms with Crippen LogP contribution in [0.15, 0.2) is 43.0 Å². The van der Waals surface area contributed by atoms with Crippen LogP contribution in [0.1, 0.15) is 37.1 Å². The molecule has 1 N–H and O–H groups in total. The molecule has 1 amide bonds. The van der Waals surface area contributed by atoms with Gasteiger partial charge in [0.05, 0.1) is 0 Å². The third-order valence-electron chi connectivity index (χ3n) is 8.28. The molecule has 0 atom stereocenters. The molecule has 37 heavy (non-hydrogen) atoms. The first-order chi connectivity index (χ1) is 17.6. The second-order valence-electron chi connectivity index (χ2n) is 11.6. The third kappa shape index (κ3) is 3.58. The van der Waals surface area contributed by atoms with Crippen LogP contribution in [0.5, 0.6) is 5.75 Å². The highest BCUT2D eigenvalue weighted by Crippen LogP contribution is 2.49. The maximum absolute atomic E-state index is 14.9. The van der Waals surface area contributed by atoms with E-state index in [1.54, 1.807) is 17.0 Å². The fraction of sp³-hybridized carbons (Fsp3) is 0.367. The monoisotopic (exact) mass is 496 g/mol. The largest absolute Gasteiger partial charge is 0.505 e. The molecule has 0 saturated carbocycles. The number of pyridine rings is 1. The number of nitrogens with zero attached hydrogens (tertiary/aromatic N) is 4. The number of fused-ring (bicyclic) bond motifs is 2. The van der Waals surface area contributed by atoms with Gasteiger partial charge in [0.2, 0.25) is 5.91 Å². The second-order valence-corrected chi connectivity index (χ2v) is 11.6. The van der Waals surface area contributed by atoms with Crippen molar-refractivity contribution in [2.75, 3.05) is 31.1 Å². The summed E-state index contributed by atoms with van der Waals surface area (Å²) < 4.78 is 14.9. The van der Waals surface area contributed by atoms with Crippen molar-refractivity contribution in [3.63, 3.8) is 0 Å². The Morgan fingerprint density at radius 2 is 1.95 bits per heavy atom. The summed E-state index contributed by atoms with van der Waals surface area (Å²) in [5.41, 5.74) is 3.79. The summed E-state index contributed by atoms with van der Waals surface area (Å²) in [7, 11) is 0. The summed E-state index contributed by atoms with van der Waals surface area (Å²) in [6.45, 7) is 10.8. The van der Waals surface area contributed by atoms with Gasteiger partial charge in [0.1, 0.15) is 17.5 Å². The molecule has 188 valence electrons. The van der Waals surface area contributed by atoms with Crippen molar-refractivity contribution < 1.29 is 14.3 Å². The van der Waals surface area contributed by atoms with Gasteiger partial charge in [-0.15, -0.1) is 0 Å². The van der Waals surface area contributed by atoms with Crippen molar-refractivity contribution in [1.29, 1.82) is 5.26 Å². The molecule has 0 radical (unpaired) electrons. The molecular formula is C30H29FN4O2. The number of anilines is 1. The maximum atomic E-state index is 14.9. The first kappa shape index (κ1) is 23.5. The minimum absolute atomic E-state index is 0.00757. The number of amides is 1. The van der Waals surface area contributed by atoms with Crippen LogP contribution in [0, 0.1) is 28.0 Å². The standard InChI is InChI=1S/C30H29FN4O2/c1-4-25(37)35-16-30(17-35)9-10-34(15-30)28-22(14-32)26(21-12-29(2,3)13-23(21)33-28)20-11-24(36)27(31)19-8-6-5-7-18(19)20/h4-8,11,36H,1,9-10,12-13,15-17H2,2-3H3. The number of phenolic OH excluding ortho intramolecular Hbond substituents is 1. The van der Waals surface area contributed by atoms with Gasteiger partial charge in [0, 0.05) is 48.2 Å². The van der Waals surface area contributed by atoms with Gasteiger partial charge in [0.25, 0.3) is 0 Å². The summed E-state index contributed by atoms with van der Waals surface area (Å²) >= 11 is 0. The maximum Gasteiger partial charge on any atom is 0.245 e. The Kier molecular flexibility index (Phi) is 5.10. The predicted octanol–water partition coefficient (Wildman–Crippen LogP) is 4.97. The number of halogens is 1. The fourth-order valence-corrected chi connectivity index (χ4v) is 6.58. The van der Waals surface area contributed by atoms with Gasteiger partial charge in [0.15, 0.2) is 11.6 Å². The average molecular weight is 497 g/mol. The van der Waals surface area contributed by atoms with Gasteiger partial charge >= 0.3 is 0 Å². The number of aromatic hydroxyl groups is 1. The van der Waals surface area contributed by atoms with Crippen LogP contribution in [0.3, 0.4) is 0 Å². The SMILES string of the molecule is C=CC(=O)N1CC2(CCN(c3nc4c(c(-c5cc(O)c(F)c6ccccc56)c3C#N)CC(C)(C)C4)C2)C1. The van der Waals surface area contributed by atoms with Crippen molar-refractivity contribution in [2.45, 2.75) is 33.1 Å². The highest BCUT2D eigenvalue weighted by Gasteiger charge is 2.50. The van der Waals surface area contributed by atoms with Crippen LogP contribution in [0.2, 0.25) is 0 Å². The first-order valence-corrected chi connectivity index (χ1v) is 12.7. The number of hydrogen-bond acceptors (Lipinski definition) is 5. The lowest BCUT2D eigenvalue weighted by atomic mass is 9.79. The lowest BCUT2D eigenvalue weighted by molar-refractivity contribution is -0.136. The summed E-state index contributed by atoms with van der Waals surface area (Å²) in [6.07, 6.45) is 3.79. The van der Waals surface area contributed by atoms with Crippen LogP contribution >= 0.6 is 0 Å². The Morgan fingerprint density at radius 3 is 2.65 bits per heavy atom. The highest BCUT2D eigenvalue weighted by atomic mass is 19.1. The minimum atomic E-state index is -0.658. The molecular weight excluding hydrogens is 467 g/mol. The van der Waals surface area contributed by atoms with Crippen LogP contribution in [0.25, 0.3) is 21.9 Å². The molecule has 3 aliphatic rings. The Bertz CT molecular complexity index is 1530. The number of hydrogen-bond donors (Lipinski definition) is 1. The minimum Gasteiger partial charge on any atom is -0.505 e. The number of likely N-dealkylation sites (tertiary alicyclic amines) is 1. The third-order valence-corrected chi connectivity index (χ3v) is 8.28. The van der Waals surface area contributed by atoms with Gasteiger partial charge in [-0.05, 0) is 53.3 Å². The topological polar surface area (TPSA) is 80.5 Å². The molecule has 2 fully saturated rings. The van der Waals surface area contributed by atoms with Crippen LogP contribution in [-0.4, -0.2) is 47.1 Å². The highest BCUT2D eigenvalue weighted by molar-refractivity contribution is 6.01. The van der Waals surface area contributed by atoms with E-state index in [1.165, 1.54) is 12.1 Å². The van der Waals surface area contributed by atoms with Crippen LogP contribution < -0.4 is 4.90 Å². The zero-order chi connectivity index (χ0) is 26.1. The van der Waals surface area contributed by atoms with E-state index < -0.39 is 11.6 Å². The lowest BCUT2D eigenvalue weighted by Gasteiger charge is -2.47. The summed E-state index contributed by atoms with van der Waals surface area (Å²) in [5, 5.41) is 22.0. The molecule has 7 heteroatoms. The van der Waals surface area contributed by atoms with E-state index in [2.05, 4.69) is 31.4 Å². The number of aromatic nitrogens is 1.